The van der Waals surface area contributed by atoms with E-state index in [0.717, 1.165) is 12.3 Å². The van der Waals surface area contributed by atoms with Crippen LogP contribution in [-0.4, -0.2) is 34.7 Å². The monoisotopic (exact) mass is 323 g/mol. The summed E-state index contributed by atoms with van der Waals surface area (Å²) in [5.41, 5.74) is 5.84. The Morgan fingerprint density at radius 1 is 1.04 bits per heavy atom. The molecule has 128 valence electrons. The van der Waals surface area contributed by atoms with Crippen LogP contribution >= 0.6 is 0 Å². The van der Waals surface area contributed by atoms with Crippen molar-refractivity contribution < 1.29 is 0 Å². The molecule has 0 bridgehead atoms. The number of likely N-dealkylation sites (tertiary alicyclic amines) is 1. The van der Waals surface area contributed by atoms with Crippen LogP contribution in [0.15, 0.2) is 30.3 Å². The van der Waals surface area contributed by atoms with E-state index in [0.29, 0.717) is 0 Å². The number of rotatable bonds is 5. The van der Waals surface area contributed by atoms with Gasteiger partial charge in [0.2, 0.25) is 0 Å². The van der Waals surface area contributed by atoms with Crippen molar-refractivity contribution in [3.05, 3.63) is 52.8 Å². The second-order valence-corrected chi connectivity index (χ2v) is 7.46. The van der Waals surface area contributed by atoms with E-state index in [-0.39, 0.29) is 0 Å². The van der Waals surface area contributed by atoms with Gasteiger partial charge in [-0.3, -0.25) is 5.10 Å². The molecule has 3 nitrogen and oxygen atoms in total. The van der Waals surface area contributed by atoms with Gasteiger partial charge in [-0.2, -0.15) is 5.10 Å². The highest BCUT2D eigenvalue weighted by molar-refractivity contribution is 5.27. The van der Waals surface area contributed by atoms with Gasteiger partial charge in [-0.05, 0) is 88.0 Å². The molecule has 1 aliphatic heterocycles. The van der Waals surface area contributed by atoms with Crippen molar-refractivity contribution in [1.29, 1.82) is 0 Å². The van der Waals surface area contributed by atoms with Gasteiger partial charge in [0.1, 0.15) is 0 Å². The van der Waals surface area contributed by atoms with Gasteiger partial charge >= 0.3 is 0 Å². The molecular weight excluding hydrogens is 294 g/mol. The molecular formula is C21H29N3. The van der Waals surface area contributed by atoms with Crippen molar-refractivity contribution in [2.45, 2.75) is 57.3 Å². The number of aromatic amines is 1. The molecule has 0 atom stereocenters. The SMILES string of the molecule is c1ccc(C2CCN(CCCc3n[nH]c4c3CCCC4)CC2)cc1. The molecule has 3 heteroatoms. The predicted molar refractivity (Wildman–Crippen MR) is 98.4 cm³/mol. The fraction of sp³-hybridized carbons (Fsp3) is 0.571. The van der Waals surface area contributed by atoms with E-state index in [9.17, 15) is 0 Å². The zero-order valence-corrected chi connectivity index (χ0v) is 14.6. The highest BCUT2D eigenvalue weighted by atomic mass is 15.1. The van der Waals surface area contributed by atoms with Gasteiger partial charge in [0.05, 0.1) is 5.69 Å². The maximum Gasteiger partial charge on any atom is 0.0657 e. The molecule has 1 saturated heterocycles. The molecule has 2 aromatic rings. The first-order valence-electron chi connectivity index (χ1n) is 9.72. The van der Waals surface area contributed by atoms with Gasteiger partial charge in [-0.25, -0.2) is 0 Å². The average molecular weight is 323 g/mol. The van der Waals surface area contributed by atoms with Crippen LogP contribution in [-0.2, 0) is 19.3 Å². The van der Waals surface area contributed by atoms with Crippen molar-refractivity contribution in [1.82, 2.24) is 15.1 Å². The van der Waals surface area contributed by atoms with Crippen molar-refractivity contribution >= 4 is 0 Å². The average Bonchev–Trinajstić information content (AvgIpc) is 3.06. The van der Waals surface area contributed by atoms with E-state index in [1.54, 1.807) is 5.56 Å². The highest BCUT2D eigenvalue weighted by Crippen LogP contribution is 2.28. The van der Waals surface area contributed by atoms with E-state index < -0.39 is 0 Å². The van der Waals surface area contributed by atoms with Crippen LogP contribution in [0, 0.1) is 0 Å². The third kappa shape index (κ3) is 3.56. The summed E-state index contributed by atoms with van der Waals surface area (Å²) in [5.74, 6) is 0.765. The molecule has 4 rings (SSSR count). The summed E-state index contributed by atoms with van der Waals surface area (Å²) in [6.45, 7) is 3.72. The van der Waals surface area contributed by atoms with E-state index in [2.05, 4.69) is 45.4 Å². The Bertz CT molecular complexity index is 638. The van der Waals surface area contributed by atoms with E-state index >= 15 is 0 Å². The first-order chi connectivity index (χ1) is 11.9. The summed E-state index contributed by atoms with van der Waals surface area (Å²) >= 11 is 0. The van der Waals surface area contributed by atoms with Crippen LogP contribution in [0.25, 0.3) is 0 Å². The molecule has 0 unspecified atom stereocenters. The van der Waals surface area contributed by atoms with Gasteiger partial charge < -0.3 is 4.90 Å². The summed E-state index contributed by atoms with van der Waals surface area (Å²) in [4.78, 5) is 2.65. The van der Waals surface area contributed by atoms with Crippen molar-refractivity contribution in [3.63, 3.8) is 0 Å². The molecule has 2 aliphatic rings. The van der Waals surface area contributed by atoms with Crippen LogP contribution in [0.5, 0.6) is 0 Å². The van der Waals surface area contributed by atoms with E-state index in [1.165, 1.54) is 81.5 Å². The first-order valence-corrected chi connectivity index (χ1v) is 9.72. The van der Waals surface area contributed by atoms with Gasteiger partial charge in [0.15, 0.2) is 0 Å². The Balaban J connectivity index is 1.23. The van der Waals surface area contributed by atoms with Crippen molar-refractivity contribution in [2.24, 2.45) is 0 Å². The Labute approximate surface area is 145 Å². The van der Waals surface area contributed by atoms with Gasteiger partial charge in [-0.1, -0.05) is 30.3 Å². The summed E-state index contributed by atoms with van der Waals surface area (Å²) in [6.07, 6.45) is 10.1. The molecule has 0 saturated carbocycles. The minimum Gasteiger partial charge on any atom is -0.303 e. The number of aryl methyl sites for hydroxylation is 2. The Hall–Kier alpha value is -1.61. The minimum absolute atomic E-state index is 0.765. The van der Waals surface area contributed by atoms with Crippen LogP contribution < -0.4 is 0 Å². The zero-order valence-electron chi connectivity index (χ0n) is 14.6. The fourth-order valence-corrected chi connectivity index (χ4v) is 4.44. The quantitative estimate of drug-likeness (QED) is 0.898. The lowest BCUT2D eigenvalue weighted by Crippen LogP contribution is -2.33. The molecule has 1 aliphatic carbocycles. The van der Waals surface area contributed by atoms with Crippen LogP contribution in [0.2, 0.25) is 0 Å². The lowest BCUT2D eigenvalue weighted by atomic mass is 9.89. The maximum absolute atomic E-state index is 4.59. The Kier molecular flexibility index (Phi) is 4.98. The third-order valence-corrected chi connectivity index (χ3v) is 5.89. The second kappa shape index (κ2) is 7.52. The van der Waals surface area contributed by atoms with Crippen molar-refractivity contribution in [2.75, 3.05) is 19.6 Å². The number of H-pyrrole nitrogens is 1. The fourth-order valence-electron chi connectivity index (χ4n) is 4.44. The smallest absolute Gasteiger partial charge is 0.0657 e. The Morgan fingerprint density at radius 2 is 1.83 bits per heavy atom. The van der Waals surface area contributed by atoms with E-state index in [4.69, 9.17) is 0 Å². The van der Waals surface area contributed by atoms with Gasteiger partial charge in [-0.15, -0.1) is 0 Å². The summed E-state index contributed by atoms with van der Waals surface area (Å²) in [6, 6.07) is 11.0. The number of fused-ring (bicyclic) bond motifs is 1. The van der Waals surface area contributed by atoms with Crippen LogP contribution in [0.3, 0.4) is 0 Å². The van der Waals surface area contributed by atoms with Crippen LogP contribution in [0.1, 0.15) is 60.5 Å². The topological polar surface area (TPSA) is 31.9 Å². The molecule has 1 fully saturated rings. The molecule has 0 spiro atoms. The minimum atomic E-state index is 0.765. The number of aromatic nitrogens is 2. The molecule has 0 radical (unpaired) electrons. The van der Waals surface area contributed by atoms with Gasteiger partial charge in [0.25, 0.3) is 0 Å². The number of benzene rings is 1. The molecule has 0 amide bonds. The highest BCUT2D eigenvalue weighted by Gasteiger charge is 2.21. The maximum atomic E-state index is 4.59. The molecule has 1 aromatic heterocycles. The normalized spacial score (nSPS) is 19.3. The molecule has 24 heavy (non-hydrogen) atoms. The number of nitrogens with one attached hydrogen (secondary N) is 1. The third-order valence-electron chi connectivity index (χ3n) is 5.89. The predicted octanol–water partition coefficient (Wildman–Crippen LogP) is 4.10. The summed E-state index contributed by atoms with van der Waals surface area (Å²) in [5, 5.41) is 7.86. The van der Waals surface area contributed by atoms with Gasteiger partial charge in [0, 0.05) is 5.69 Å². The van der Waals surface area contributed by atoms with E-state index in [1.807, 2.05) is 0 Å². The van der Waals surface area contributed by atoms with Crippen LogP contribution in [0.4, 0.5) is 0 Å². The second-order valence-electron chi connectivity index (χ2n) is 7.46. The number of piperidine rings is 1. The zero-order chi connectivity index (χ0) is 16.2. The lowest BCUT2D eigenvalue weighted by Gasteiger charge is -2.32. The number of nitrogens with zero attached hydrogens (tertiary/aromatic N) is 2. The molecule has 1 N–H and O–H groups in total. The summed E-state index contributed by atoms with van der Waals surface area (Å²) in [7, 11) is 0. The number of hydrogen-bond donors (Lipinski definition) is 1. The standard InChI is InChI=1S/C21H29N3/c1-2-7-17(8-3-1)18-12-15-24(16-13-18)14-6-11-21-19-9-4-5-10-20(19)22-23-21/h1-3,7-8,18H,4-6,9-16H2,(H,22,23). The number of hydrogen-bond acceptors (Lipinski definition) is 2. The first kappa shape index (κ1) is 15.9. The molecule has 2 heterocycles. The lowest BCUT2D eigenvalue weighted by molar-refractivity contribution is 0.210. The summed E-state index contributed by atoms with van der Waals surface area (Å²) < 4.78 is 0. The Morgan fingerprint density at radius 3 is 2.67 bits per heavy atom. The van der Waals surface area contributed by atoms with Crippen molar-refractivity contribution in [3.8, 4) is 0 Å². The molecule has 1 aromatic carbocycles. The largest absolute Gasteiger partial charge is 0.303 e.